The number of benzene rings is 1. The van der Waals surface area contributed by atoms with Crippen LogP contribution in [0, 0.1) is 0 Å². The molecule has 0 saturated carbocycles. The fraction of sp³-hybridized carbons (Fsp3) is 0.280. The summed E-state index contributed by atoms with van der Waals surface area (Å²) in [6.07, 6.45) is 7.49. The molecule has 0 atom stereocenters. The normalized spacial score (nSPS) is 11.2. The number of imidazole rings is 1. The number of nitrogens with one attached hydrogen (secondary N) is 3. The van der Waals surface area contributed by atoms with Gasteiger partial charge in [-0.15, -0.1) is 0 Å². The van der Waals surface area contributed by atoms with Crippen molar-refractivity contribution in [2.45, 2.75) is 19.8 Å². The first-order chi connectivity index (χ1) is 16.0. The van der Waals surface area contributed by atoms with Gasteiger partial charge in [-0.2, -0.15) is 0 Å². The Hall–Kier alpha value is -3.78. The number of H-pyrrole nitrogens is 1. The highest BCUT2D eigenvalue weighted by molar-refractivity contribution is 5.98. The number of aryl methyl sites for hydroxylation is 1. The van der Waals surface area contributed by atoms with Gasteiger partial charge in [0.2, 0.25) is 5.95 Å². The lowest BCUT2D eigenvalue weighted by Gasteiger charge is -2.10. The number of urea groups is 1. The lowest BCUT2D eigenvalue weighted by atomic mass is 9.99. The molecule has 0 aliphatic carbocycles. The molecule has 0 unspecified atom stereocenters. The molecule has 8 heteroatoms. The van der Waals surface area contributed by atoms with Crippen LogP contribution in [0.2, 0.25) is 0 Å². The summed E-state index contributed by atoms with van der Waals surface area (Å²) in [5.74, 6) is 0.391. The zero-order valence-corrected chi connectivity index (χ0v) is 19.2. The molecule has 33 heavy (non-hydrogen) atoms. The fourth-order valence-corrected chi connectivity index (χ4v) is 3.76. The molecule has 0 spiro atoms. The van der Waals surface area contributed by atoms with Crippen LogP contribution < -0.4 is 10.6 Å². The van der Waals surface area contributed by atoms with Crippen molar-refractivity contribution < 1.29 is 4.79 Å². The van der Waals surface area contributed by atoms with E-state index in [1.54, 1.807) is 6.20 Å². The first kappa shape index (κ1) is 22.4. The second kappa shape index (κ2) is 10.2. The molecule has 3 aromatic heterocycles. The number of aromatic amines is 1. The Bertz CT molecular complexity index is 1230. The van der Waals surface area contributed by atoms with Gasteiger partial charge in [0.1, 0.15) is 0 Å². The molecule has 3 heterocycles. The average Bonchev–Trinajstić information content (AvgIpc) is 3.21. The van der Waals surface area contributed by atoms with Crippen LogP contribution in [-0.2, 0) is 6.42 Å². The molecule has 0 radical (unpaired) electrons. The average molecular weight is 444 g/mol. The van der Waals surface area contributed by atoms with Crippen LogP contribution in [0.25, 0.3) is 33.4 Å². The summed E-state index contributed by atoms with van der Waals surface area (Å²) < 4.78 is 0. The Morgan fingerprint density at radius 1 is 1.12 bits per heavy atom. The number of aromatic nitrogens is 4. The Balaban J connectivity index is 1.76. The van der Waals surface area contributed by atoms with Gasteiger partial charge in [-0.05, 0) is 81.9 Å². The number of amides is 2. The summed E-state index contributed by atoms with van der Waals surface area (Å²) in [5.41, 5.74) is 6.56. The number of nitrogens with zero attached hydrogens (tertiary/aromatic N) is 4. The van der Waals surface area contributed by atoms with Crippen molar-refractivity contribution in [3.63, 3.8) is 0 Å². The zero-order valence-electron chi connectivity index (χ0n) is 19.2. The van der Waals surface area contributed by atoms with Gasteiger partial charge in [0.05, 0.1) is 16.7 Å². The number of hydrogen-bond acceptors (Lipinski definition) is 5. The third kappa shape index (κ3) is 5.53. The number of hydrogen-bond donors (Lipinski definition) is 3. The van der Waals surface area contributed by atoms with Crippen molar-refractivity contribution in [3.05, 3.63) is 60.6 Å². The van der Waals surface area contributed by atoms with Crippen molar-refractivity contribution in [3.8, 4) is 22.4 Å². The van der Waals surface area contributed by atoms with Crippen LogP contribution in [0.1, 0.15) is 18.9 Å². The monoisotopic (exact) mass is 443 g/mol. The van der Waals surface area contributed by atoms with Crippen molar-refractivity contribution in [2.75, 3.05) is 32.5 Å². The molecule has 4 aromatic rings. The van der Waals surface area contributed by atoms with E-state index >= 15 is 0 Å². The molecule has 2 amide bonds. The second-order valence-corrected chi connectivity index (χ2v) is 8.19. The van der Waals surface area contributed by atoms with Crippen LogP contribution in [-0.4, -0.2) is 58.1 Å². The standard InChI is InChI=1S/C25H29N7O/c1-4-27-25(33)31-24-29-22-15-19(18-8-5-10-26-16-18)14-20(23(22)30-24)21-13-17(9-11-28-21)7-6-12-32(2)3/h5,8-11,13-16H,4,6-7,12H2,1-3H3,(H3,27,29,30,31,33). The van der Waals surface area contributed by atoms with E-state index in [0.717, 1.165) is 52.8 Å². The highest BCUT2D eigenvalue weighted by Crippen LogP contribution is 2.33. The highest BCUT2D eigenvalue weighted by Gasteiger charge is 2.15. The van der Waals surface area contributed by atoms with Gasteiger partial charge in [-0.1, -0.05) is 6.07 Å². The molecular formula is C25H29N7O. The van der Waals surface area contributed by atoms with Crippen molar-refractivity contribution in [1.29, 1.82) is 0 Å². The first-order valence-corrected chi connectivity index (χ1v) is 11.1. The minimum absolute atomic E-state index is 0.299. The molecule has 4 rings (SSSR count). The summed E-state index contributed by atoms with van der Waals surface area (Å²) in [6, 6.07) is 11.9. The van der Waals surface area contributed by atoms with E-state index in [2.05, 4.69) is 67.8 Å². The SMILES string of the molecule is CCNC(=O)Nc1nc2c(-c3cc(CCCN(C)C)ccn3)cc(-c3cccnc3)cc2[nH]1. The van der Waals surface area contributed by atoms with E-state index in [-0.39, 0.29) is 6.03 Å². The van der Waals surface area contributed by atoms with E-state index in [0.29, 0.717) is 12.5 Å². The molecule has 0 aliphatic rings. The number of carbonyl (C=O) groups is 1. The Morgan fingerprint density at radius 2 is 2.00 bits per heavy atom. The third-order valence-electron chi connectivity index (χ3n) is 5.32. The van der Waals surface area contributed by atoms with Crippen molar-refractivity contribution in [2.24, 2.45) is 0 Å². The Labute approximate surface area is 193 Å². The van der Waals surface area contributed by atoms with Crippen LogP contribution in [0.15, 0.2) is 55.0 Å². The minimum Gasteiger partial charge on any atom is -0.338 e. The maximum Gasteiger partial charge on any atom is 0.321 e. The maximum absolute atomic E-state index is 12.0. The maximum atomic E-state index is 12.0. The van der Waals surface area contributed by atoms with Crippen LogP contribution in [0.4, 0.5) is 10.7 Å². The lowest BCUT2D eigenvalue weighted by Crippen LogP contribution is -2.28. The third-order valence-corrected chi connectivity index (χ3v) is 5.32. The molecule has 0 saturated heterocycles. The molecule has 170 valence electrons. The number of rotatable bonds is 8. The molecule has 1 aromatic carbocycles. The van der Waals surface area contributed by atoms with Crippen LogP contribution >= 0.6 is 0 Å². The predicted octanol–water partition coefficient (Wildman–Crippen LogP) is 4.32. The van der Waals surface area contributed by atoms with Gasteiger partial charge in [0, 0.05) is 36.3 Å². The van der Waals surface area contributed by atoms with Gasteiger partial charge < -0.3 is 15.2 Å². The number of fused-ring (bicyclic) bond motifs is 1. The smallest absolute Gasteiger partial charge is 0.321 e. The second-order valence-electron chi connectivity index (χ2n) is 8.19. The van der Waals surface area contributed by atoms with Gasteiger partial charge in [-0.25, -0.2) is 9.78 Å². The van der Waals surface area contributed by atoms with Crippen LogP contribution in [0.5, 0.6) is 0 Å². The van der Waals surface area contributed by atoms with Gasteiger partial charge in [0.15, 0.2) is 0 Å². The Morgan fingerprint density at radius 3 is 2.76 bits per heavy atom. The van der Waals surface area contributed by atoms with E-state index < -0.39 is 0 Å². The molecule has 0 fully saturated rings. The number of pyridine rings is 2. The summed E-state index contributed by atoms with van der Waals surface area (Å²) in [6.45, 7) is 3.44. The van der Waals surface area contributed by atoms with Crippen molar-refractivity contribution >= 4 is 23.0 Å². The van der Waals surface area contributed by atoms with Crippen molar-refractivity contribution in [1.82, 2.24) is 30.2 Å². The molecular weight excluding hydrogens is 414 g/mol. The van der Waals surface area contributed by atoms with E-state index in [4.69, 9.17) is 0 Å². The summed E-state index contributed by atoms with van der Waals surface area (Å²) in [5, 5.41) is 5.49. The molecule has 0 aliphatic heterocycles. The van der Waals surface area contributed by atoms with E-state index in [1.165, 1.54) is 5.56 Å². The van der Waals surface area contributed by atoms with Gasteiger partial charge >= 0.3 is 6.03 Å². The largest absolute Gasteiger partial charge is 0.338 e. The highest BCUT2D eigenvalue weighted by atomic mass is 16.2. The lowest BCUT2D eigenvalue weighted by molar-refractivity contribution is 0.252. The quantitative estimate of drug-likeness (QED) is 0.377. The molecule has 0 bridgehead atoms. The topological polar surface area (TPSA) is 98.8 Å². The van der Waals surface area contributed by atoms with Gasteiger partial charge in [0.25, 0.3) is 0 Å². The summed E-state index contributed by atoms with van der Waals surface area (Å²) >= 11 is 0. The summed E-state index contributed by atoms with van der Waals surface area (Å²) in [7, 11) is 4.17. The predicted molar refractivity (Wildman–Crippen MR) is 132 cm³/mol. The Kier molecular flexibility index (Phi) is 6.95. The van der Waals surface area contributed by atoms with E-state index in [9.17, 15) is 4.79 Å². The number of carbonyl (C=O) groups excluding carboxylic acids is 1. The zero-order chi connectivity index (χ0) is 23.2. The van der Waals surface area contributed by atoms with Crippen LogP contribution in [0.3, 0.4) is 0 Å². The van der Waals surface area contributed by atoms with Gasteiger partial charge in [-0.3, -0.25) is 15.3 Å². The van der Waals surface area contributed by atoms with E-state index in [1.807, 2.05) is 37.5 Å². The molecule has 3 N–H and O–H groups in total. The summed E-state index contributed by atoms with van der Waals surface area (Å²) in [4.78, 5) is 31.0. The first-order valence-electron chi connectivity index (χ1n) is 11.1. The minimum atomic E-state index is -0.299. The molecule has 8 nitrogen and oxygen atoms in total. The number of anilines is 1. The fourth-order valence-electron chi connectivity index (χ4n) is 3.76.